The van der Waals surface area contributed by atoms with Crippen molar-refractivity contribution >= 4 is 29.9 Å². The summed E-state index contributed by atoms with van der Waals surface area (Å²) in [5.74, 6) is 1.81. The summed E-state index contributed by atoms with van der Waals surface area (Å²) < 4.78 is 7.03. The van der Waals surface area contributed by atoms with Crippen LogP contribution in [0.25, 0.3) is 0 Å². The minimum Gasteiger partial charge on any atom is -0.383 e. The molecule has 0 spiro atoms. The number of guanidine groups is 1. The van der Waals surface area contributed by atoms with Gasteiger partial charge in [-0.1, -0.05) is 6.92 Å². The molecular weight excluding hydrogens is 371 g/mol. The summed E-state index contributed by atoms with van der Waals surface area (Å²) in [7, 11) is 1.67. The monoisotopic (exact) mass is 396 g/mol. The molecule has 0 aliphatic heterocycles. The number of rotatable bonds is 8. The summed E-state index contributed by atoms with van der Waals surface area (Å²) in [5.41, 5.74) is 0. The maximum absolute atomic E-state index is 4.98. The molecule has 0 bridgehead atoms. The molecule has 1 heterocycles. The van der Waals surface area contributed by atoms with Crippen LogP contribution >= 0.6 is 24.0 Å². The molecule has 0 aromatic carbocycles. The second-order valence-electron chi connectivity index (χ2n) is 3.97. The Balaban J connectivity index is 0.00000361. The molecule has 116 valence electrons. The van der Waals surface area contributed by atoms with E-state index in [1.165, 1.54) is 0 Å². The van der Waals surface area contributed by atoms with Gasteiger partial charge in [0.2, 0.25) is 0 Å². The standard InChI is InChI=1S/C12H24N6O.HI/c1-4-11-17-16-10-18(11)8-6-14-12(13-5-2)15-7-9-19-3;/h10H,4-9H2,1-3H3,(H2,13,14,15);1H. The maximum atomic E-state index is 4.98. The van der Waals surface area contributed by atoms with Crippen molar-refractivity contribution in [2.45, 2.75) is 26.8 Å². The molecule has 7 nitrogen and oxygen atoms in total. The van der Waals surface area contributed by atoms with Crippen molar-refractivity contribution in [1.29, 1.82) is 0 Å². The van der Waals surface area contributed by atoms with E-state index in [0.717, 1.165) is 37.8 Å². The van der Waals surface area contributed by atoms with Gasteiger partial charge in [-0.15, -0.1) is 34.2 Å². The molecule has 0 unspecified atom stereocenters. The molecule has 0 amide bonds. The van der Waals surface area contributed by atoms with Crippen molar-refractivity contribution in [3.63, 3.8) is 0 Å². The quantitative estimate of drug-likeness (QED) is 0.292. The second kappa shape index (κ2) is 11.9. The molecule has 0 saturated heterocycles. The first-order chi connectivity index (χ1) is 9.31. The zero-order valence-electron chi connectivity index (χ0n) is 12.4. The molecule has 0 fully saturated rings. The largest absolute Gasteiger partial charge is 0.383 e. The SMILES string of the molecule is CCNC(=NCCOC)NCCn1cnnc1CC.I. The molecule has 8 heteroatoms. The molecule has 0 atom stereocenters. The highest BCUT2D eigenvalue weighted by Gasteiger charge is 2.01. The van der Waals surface area contributed by atoms with Gasteiger partial charge in [-0.2, -0.15) is 0 Å². The third-order valence-corrected chi connectivity index (χ3v) is 2.57. The summed E-state index contributed by atoms with van der Waals surface area (Å²) in [6.45, 7) is 7.84. The molecule has 2 N–H and O–H groups in total. The summed E-state index contributed by atoms with van der Waals surface area (Å²) in [5, 5.41) is 14.4. The Labute approximate surface area is 137 Å². The highest BCUT2D eigenvalue weighted by molar-refractivity contribution is 14.0. The maximum Gasteiger partial charge on any atom is 0.191 e. The fourth-order valence-corrected chi connectivity index (χ4v) is 1.62. The molecule has 1 aromatic rings. The topological polar surface area (TPSA) is 76.4 Å². The molecule has 1 aromatic heterocycles. The summed E-state index contributed by atoms with van der Waals surface area (Å²) in [6.07, 6.45) is 2.65. The summed E-state index contributed by atoms with van der Waals surface area (Å²) in [6, 6.07) is 0. The fourth-order valence-electron chi connectivity index (χ4n) is 1.62. The minimum absolute atomic E-state index is 0. The highest BCUT2D eigenvalue weighted by atomic mass is 127. The Kier molecular flexibility index (Phi) is 11.4. The average Bonchev–Trinajstić information content (AvgIpc) is 2.86. The van der Waals surface area contributed by atoms with E-state index in [4.69, 9.17) is 4.74 Å². The van der Waals surface area contributed by atoms with Gasteiger partial charge in [-0.05, 0) is 6.92 Å². The van der Waals surface area contributed by atoms with Crippen molar-refractivity contribution in [2.24, 2.45) is 4.99 Å². The van der Waals surface area contributed by atoms with Gasteiger partial charge in [0, 0.05) is 33.2 Å². The van der Waals surface area contributed by atoms with Gasteiger partial charge in [0.1, 0.15) is 12.2 Å². The van der Waals surface area contributed by atoms with Crippen LogP contribution in [0.5, 0.6) is 0 Å². The van der Waals surface area contributed by atoms with Crippen molar-refractivity contribution in [3.8, 4) is 0 Å². The molecule has 0 aliphatic rings. The number of nitrogens with one attached hydrogen (secondary N) is 2. The normalized spacial score (nSPS) is 11.1. The van der Waals surface area contributed by atoms with Crippen LogP contribution in [0.1, 0.15) is 19.7 Å². The van der Waals surface area contributed by atoms with Crippen LogP contribution < -0.4 is 10.6 Å². The van der Waals surface area contributed by atoms with Gasteiger partial charge in [0.15, 0.2) is 5.96 Å². The van der Waals surface area contributed by atoms with Crippen LogP contribution in [0.3, 0.4) is 0 Å². The lowest BCUT2D eigenvalue weighted by Gasteiger charge is -2.12. The lowest BCUT2D eigenvalue weighted by molar-refractivity contribution is 0.208. The average molecular weight is 396 g/mol. The van der Waals surface area contributed by atoms with Gasteiger partial charge in [0.05, 0.1) is 13.2 Å². The van der Waals surface area contributed by atoms with Crippen LogP contribution in [0.4, 0.5) is 0 Å². The van der Waals surface area contributed by atoms with Gasteiger partial charge < -0.3 is 19.9 Å². The van der Waals surface area contributed by atoms with E-state index in [0.29, 0.717) is 13.2 Å². The molecule has 20 heavy (non-hydrogen) atoms. The van der Waals surface area contributed by atoms with E-state index in [-0.39, 0.29) is 24.0 Å². The van der Waals surface area contributed by atoms with E-state index < -0.39 is 0 Å². The van der Waals surface area contributed by atoms with Crippen molar-refractivity contribution < 1.29 is 4.74 Å². The third-order valence-electron chi connectivity index (χ3n) is 2.57. The zero-order chi connectivity index (χ0) is 13.9. The molecule has 1 rings (SSSR count). The van der Waals surface area contributed by atoms with Gasteiger partial charge in [-0.3, -0.25) is 4.99 Å². The second-order valence-corrected chi connectivity index (χ2v) is 3.97. The van der Waals surface area contributed by atoms with Crippen LogP contribution in [0.15, 0.2) is 11.3 Å². The number of halogens is 1. The van der Waals surface area contributed by atoms with E-state index in [1.807, 2.05) is 11.5 Å². The Morgan fingerprint density at radius 3 is 2.85 bits per heavy atom. The first kappa shape index (κ1) is 19.1. The molecule has 0 aliphatic carbocycles. The fraction of sp³-hybridized carbons (Fsp3) is 0.750. The smallest absolute Gasteiger partial charge is 0.191 e. The Morgan fingerprint density at radius 2 is 2.20 bits per heavy atom. The highest BCUT2D eigenvalue weighted by Crippen LogP contribution is 1.94. The van der Waals surface area contributed by atoms with Gasteiger partial charge >= 0.3 is 0 Å². The van der Waals surface area contributed by atoms with Gasteiger partial charge in [0.25, 0.3) is 0 Å². The van der Waals surface area contributed by atoms with E-state index in [1.54, 1.807) is 13.4 Å². The predicted molar refractivity (Wildman–Crippen MR) is 90.7 cm³/mol. The third kappa shape index (κ3) is 7.04. The number of hydrogen-bond acceptors (Lipinski definition) is 4. The number of aryl methyl sites for hydroxylation is 1. The lowest BCUT2D eigenvalue weighted by Crippen LogP contribution is -2.39. The Hall–Kier alpha value is -0.900. The van der Waals surface area contributed by atoms with Crippen LogP contribution in [-0.2, 0) is 17.7 Å². The van der Waals surface area contributed by atoms with Gasteiger partial charge in [-0.25, -0.2) is 0 Å². The Bertz CT molecular complexity index is 382. The number of ether oxygens (including phenoxy) is 1. The summed E-state index contributed by atoms with van der Waals surface area (Å²) in [4.78, 5) is 4.39. The zero-order valence-corrected chi connectivity index (χ0v) is 14.8. The van der Waals surface area contributed by atoms with E-state index >= 15 is 0 Å². The Morgan fingerprint density at radius 1 is 1.40 bits per heavy atom. The lowest BCUT2D eigenvalue weighted by atomic mass is 10.4. The van der Waals surface area contributed by atoms with Crippen molar-refractivity contribution in [2.75, 3.05) is 33.4 Å². The van der Waals surface area contributed by atoms with Crippen molar-refractivity contribution in [3.05, 3.63) is 12.2 Å². The van der Waals surface area contributed by atoms with E-state index in [2.05, 4.69) is 32.7 Å². The minimum atomic E-state index is 0. The summed E-state index contributed by atoms with van der Waals surface area (Å²) >= 11 is 0. The first-order valence-electron chi connectivity index (χ1n) is 6.69. The van der Waals surface area contributed by atoms with Crippen LogP contribution in [-0.4, -0.2) is 54.1 Å². The number of methoxy groups -OCH3 is 1. The predicted octanol–water partition coefficient (Wildman–Crippen LogP) is 0.660. The molecular formula is C12H25IN6O. The number of hydrogen-bond donors (Lipinski definition) is 2. The van der Waals surface area contributed by atoms with Crippen LogP contribution in [0, 0.1) is 0 Å². The number of nitrogens with zero attached hydrogens (tertiary/aromatic N) is 4. The molecule has 0 saturated carbocycles. The molecule has 0 radical (unpaired) electrons. The number of aliphatic imine (C=N–C) groups is 1. The van der Waals surface area contributed by atoms with E-state index in [9.17, 15) is 0 Å². The van der Waals surface area contributed by atoms with Crippen LogP contribution in [0.2, 0.25) is 0 Å². The first-order valence-corrected chi connectivity index (χ1v) is 6.69. The van der Waals surface area contributed by atoms with Crippen molar-refractivity contribution in [1.82, 2.24) is 25.4 Å². The number of aromatic nitrogens is 3.